The van der Waals surface area contributed by atoms with Crippen LogP contribution in [0.1, 0.15) is 52.0 Å². The predicted molar refractivity (Wildman–Crippen MR) is 90.6 cm³/mol. The van der Waals surface area contributed by atoms with Gasteiger partial charge in [-0.2, -0.15) is 0 Å². The highest BCUT2D eigenvalue weighted by Gasteiger charge is 2.17. The number of hydrogen-bond donors (Lipinski definition) is 2. The number of carbonyl (C=O) groups excluding carboxylic acids is 1. The lowest BCUT2D eigenvalue weighted by molar-refractivity contribution is -0.115. The first-order valence-corrected chi connectivity index (χ1v) is 8.00. The van der Waals surface area contributed by atoms with Gasteiger partial charge in [0.25, 0.3) is 0 Å². The van der Waals surface area contributed by atoms with Gasteiger partial charge in [0.1, 0.15) is 0 Å². The standard InChI is InChI=1S/C18H30N2O/c1-5-6-7-11-18(3,4)14-19-13-17(21)20-16-10-8-9-15(2)12-16/h8-10,12,19H,5-7,11,13-14H2,1-4H3,(H,20,21). The van der Waals surface area contributed by atoms with E-state index in [0.717, 1.165) is 17.8 Å². The van der Waals surface area contributed by atoms with Crippen LogP contribution >= 0.6 is 0 Å². The van der Waals surface area contributed by atoms with E-state index in [1.165, 1.54) is 25.7 Å². The van der Waals surface area contributed by atoms with Crippen LogP contribution in [0.4, 0.5) is 5.69 Å². The molecule has 0 heterocycles. The maximum Gasteiger partial charge on any atom is 0.238 e. The first-order valence-electron chi connectivity index (χ1n) is 8.00. The van der Waals surface area contributed by atoms with Gasteiger partial charge in [0.05, 0.1) is 6.54 Å². The fourth-order valence-electron chi connectivity index (χ4n) is 2.38. The fourth-order valence-corrected chi connectivity index (χ4v) is 2.38. The molecule has 0 spiro atoms. The van der Waals surface area contributed by atoms with Crippen molar-refractivity contribution in [2.75, 3.05) is 18.4 Å². The van der Waals surface area contributed by atoms with Crippen molar-refractivity contribution in [3.8, 4) is 0 Å². The lowest BCUT2D eigenvalue weighted by Gasteiger charge is -2.25. The predicted octanol–water partition coefficient (Wildman–Crippen LogP) is 4.13. The van der Waals surface area contributed by atoms with Crippen molar-refractivity contribution in [1.29, 1.82) is 0 Å². The first-order chi connectivity index (χ1) is 9.93. The molecular weight excluding hydrogens is 260 g/mol. The average molecular weight is 290 g/mol. The van der Waals surface area contributed by atoms with Gasteiger partial charge in [-0.15, -0.1) is 0 Å². The molecule has 2 N–H and O–H groups in total. The Bertz CT molecular complexity index is 441. The molecule has 0 saturated heterocycles. The zero-order chi connectivity index (χ0) is 15.7. The molecule has 118 valence electrons. The first kappa shape index (κ1) is 17.7. The zero-order valence-corrected chi connectivity index (χ0v) is 14.0. The number of anilines is 1. The van der Waals surface area contributed by atoms with Crippen LogP contribution in [0.5, 0.6) is 0 Å². The molecule has 21 heavy (non-hydrogen) atoms. The Labute approximate surface area is 129 Å². The summed E-state index contributed by atoms with van der Waals surface area (Å²) in [5, 5.41) is 6.20. The molecule has 1 aromatic rings. The Kier molecular flexibility index (Phi) is 7.44. The van der Waals surface area contributed by atoms with Gasteiger partial charge in [-0.05, 0) is 36.5 Å². The number of rotatable bonds is 9. The van der Waals surface area contributed by atoms with E-state index in [0.29, 0.717) is 6.54 Å². The molecule has 0 aliphatic rings. The van der Waals surface area contributed by atoms with E-state index in [1.54, 1.807) is 0 Å². The van der Waals surface area contributed by atoms with Gasteiger partial charge in [0.2, 0.25) is 5.91 Å². The molecule has 0 fully saturated rings. The Morgan fingerprint density at radius 3 is 2.67 bits per heavy atom. The summed E-state index contributed by atoms with van der Waals surface area (Å²) in [6.07, 6.45) is 5.01. The van der Waals surface area contributed by atoms with Crippen molar-refractivity contribution >= 4 is 11.6 Å². The molecule has 0 aliphatic carbocycles. The second kappa shape index (κ2) is 8.83. The minimum atomic E-state index is 0.0185. The maximum atomic E-state index is 11.9. The maximum absolute atomic E-state index is 11.9. The molecule has 3 heteroatoms. The molecule has 0 bridgehead atoms. The fraction of sp³-hybridized carbons (Fsp3) is 0.611. The van der Waals surface area contributed by atoms with E-state index < -0.39 is 0 Å². The Balaban J connectivity index is 2.26. The van der Waals surface area contributed by atoms with Gasteiger partial charge in [0.15, 0.2) is 0 Å². The summed E-state index contributed by atoms with van der Waals surface area (Å²) < 4.78 is 0. The van der Waals surface area contributed by atoms with Crippen molar-refractivity contribution < 1.29 is 4.79 Å². The van der Waals surface area contributed by atoms with Crippen LogP contribution in [-0.4, -0.2) is 19.0 Å². The summed E-state index contributed by atoms with van der Waals surface area (Å²) >= 11 is 0. The Hall–Kier alpha value is -1.35. The number of hydrogen-bond acceptors (Lipinski definition) is 2. The van der Waals surface area contributed by atoms with Crippen LogP contribution in [0.2, 0.25) is 0 Å². The van der Waals surface area contributed by atoms with Crippen LogP contribution in [0.25, 0.3) is 0 Å². The lowest BCUT2D eigenvalue weighted by Crippen LogP contribution is -2.35. The van der Waals surface area contributed by atoms with Gasteiger partial charge in [0, 0.05) is 12.2 Å². The third-order valence-electron chi connectivity index (χ3n) is 3.65. The van der Waals surface area contributed by atoms with E-state index in [4.69, 9.17) is 0 Å². The summed E-state index contributed by atoms with van der Waals surface area (Å²) in [5.74, 6) is 0.0185. The van der Waals surface area contributed by atoms with Crippen LogP contribution in [0, 0.1) is 12.3 Å². The van der Waals surface area contributed by atoms with Crippen LogP contribution < -0.4 is 10.6 Å². The second-order valence-corrected chi connectivity index (χ2v) is 6.64. The highest BCUT2D eigenvalue weighted by atomic mass is 16.1. The van der Waals surface area contributed by atoms with Crippen LogP contribution in [0.3, 0.4) is 0 Å². The van der Waals surface area contributed by atoms with E-state index in [9.17, 15) is 4.79 Å². The van der Waals surface area contributed by atoms with Gasteiger partial charge in [-0.25, -0.2) is 0 Å². The zero-order valence-electron chi connectivity index (χ0n) is 14.0. The minimum absolute atomic E-state index is 0.0185. The molecule has 1 rings (SSSR count). The summed E-state index contributed by atoms with van der Waals surface area (Å²) in [6, 6.07) is 7.87. The molecule has 0 aromatic heterocycles. The highest BCUT2D eigenvalue weighted by Crippen LogP contribution is 2.22. The Morgan fingerprint density at radius 2 is 2.00 bits per heavy atom. The average Bonchev–Trinajstić information content (AvgIpc) is 2.38. The molecule has 0 atom stereocenters. The smallest absolute Gasteiger partial charge is 0.238 e. The molecule has 0 radical (unpaired) electrons. The molecule has 3 nitrogen and oxygen atoms in total. The van der Waals surface area contributed by atoms with Gasteiger partial charge < -0.3 is 10.6 Å². The van der Waals surface area contributed by atoms with Gasteiger partial charge in [-0.3, -0.25) is 4.79 Å². The van der Waals surface area contributed by atoms with Gasteiger partial charge >= 0.3 is 0 Å². The van der Waals surface area contributed by atoms with E-state index in [1.807, 2.05) is 31.2 Å². The van der Waals surface area contributed by atoms with E-state index >= 15 is 0 Å². The summed E-state index contributed by atoms with van der Waals surface area (Å²) in [5.41, 5.74) is 2.26. The number of amides is 1. The quantitative estimate of drug-likeness (QED) is 0.671. The number of carbonyl (C=O) groups is 1. The number of nitrogens with one attached hydrogen (secondary N) is 2. The molecule has 0 aliphatic heterocycles. The van der Waals surface area contributed by atoms with Crippen molar-refractivity contribution in [3.63, 3.8) is 0 Å². The molecule has 0 saturated carbocycles. The van der Waals surface area contributed by atoms with Crippen molar-refractivity contribution in [1.82, 2.24) is 5.32 Å². The molecule has 1 aromatic carbocycles. The molecular formula is C18H30N2O. The number of benzene rings is 1. The van der Waals surface area contributed by atoms with Crippen LogP contribution in [0.15, 0.2) is 24.3 Å². The molecule has 1 amide bonds. The highest BCUT2D eigenvalue weighted by molar-refractivity contribution is 5.92. The SMILES string of the molecule is CCCCCC(C)(C)CNCC(=O)Nc1cccc(C)c1. The summed E-state index contributed by atoms with van der Waals surface area (Å²) in [6.45, 7) is 10.00. The van der Waals surface area contributed by atoms with Gasteiger partial charge in [-0.1, -0.05) is 52.2 Å². The third-order valence-corrected chi connectivity index (χ3v) is 3.65. The monoisotopic (exact) mass is 290 g/mol. The third kappa shape index (κ3) is 7.86. The minimum Gasteiger partial charge on any atom is -0.325 e. The lowest BCUT2D eigenvalue weighted by atomic mass is 9.87. The normalized spacial score (nSPS) is 11.4. The summed E-state index contributed by atoms with van der Waals surface area (Å²) in [4.78, 5) is 11.9. The molecule has 0 unspecified atom stereocenters. The van der Waals surface area contributed by atoms with Crippen molar-refractivity contribution in [2.45, 2.75) is 53.4 Å². The summed E-state index contributed by atoms with van der Waals surface area (Å²) in [7, 11) is 0. The van der Waals surface area contributed by atoms with Crippen LogP contribution in [-0.2, 0) is 4.79 Å². The number of unbranched alkanes of at least 4 members (excludes halogenated alkanes) is 2. The van der Waals surface area contributed by atoms with E-state index in [-0.39, 0.29) is 11.3 Å². The topological polar surface area (TPSA) is 41.1 Å². The number of aryl methyl sites for hydroxylation is 1. The van der Waals surface area contributed by atoms with Crippen molar-refractivity contribution in [3.05, 3.63) is 29.8 Å². The largest absolute Gasteiger partial charge is 0.325 e. The van der Waals surface area contributed by atoms with Crippen molar-refractivity contribution in [2.24, 2.45) is 5.41 Å². The second-order valence-electron chi connectivity index (χ2n) is 6.64. The Morgan fingerprint density at radius 1 is 1.24 bits per heavy atom. The van der Waals surface area contributed by atoms with E-state index in [2.05, 4.69) is 31.4 Å².